The fraction of sp³-hybridized carbons (Fsp3) is 0.133. The van der Waals surface area contributed by atoms with E-state index < -0.39 is 18.1 Å². The summed E-state index contributed by atoms with van der Waals surface area (Å²) >= 11 is 5.12. The highest BCUT2D eigenvalue weighted by atomic mass is 127. The molecular weight excluding hydrogens is 474 g/mol. The average molecular weight is 484 g/mol. The molecule has 0 aliphatic rings. The Morgan fingerprint density at radius 2 is 1.77 bits per heavy atom. The molecule has 0 saturated heterocycles. The smallest absolute Gasteiger partial charge is 0.337 e. The number of rotatable bonds is 3. The number of benzene rings is 2. The van der Waals surface area contributed by atoms with E-state index in [9.17, 15) is 18.0 Å². The number of hydrogen-bond donors (Lipinski definition) is 1. The molecule has 0 aliphatic carbocycles. The van der Waals surface area contributed by atoms with Gasteiger partial charge in [0, 0.05) is 8.04 Å². The van der Waals surface area contributed by atoms with Gasteiger partial charge in [-0.2, -0.15) is 13.2 Å². The van der Waals surface area contributed by atoms with E-state index in [2.05, 4.69) is 21.2 Å². The molecule has 2 rings (SSSR count). The van der Waals surface area contributed by atoms with Gasteiger partial charge in [0.15, 0.2) is 6.04 Å². The molecule has 0 saturated carbocycles. The molecule has 1 N–H and O–H groups in total. The summed E-state index contributed by atoms with van der Waals surface area (Å²) in [4.78, 5) is 12.2. The zero-order valence-corrected chi connectivity index (χ0v) is 14.7. The lowest BCUT2D eigenvalue weighted by Crippen LogP contribution is -2.38. The van der Waals surface area contributed by atoms with Gasteiger partial charge in [0.25, 0.3) is 5.91 Å². The van der Waals surface area contributed by atoms with Crippen LogP contribution in [0.15, 0.2) is 53.0 Å². The molecule has 1 unspecified atom stereocenters. The topological polar surface area (TPSA) is 29.1 Å². The van der Waals surface area contributed by atoms with Crippen LogP contribution in [0.25, 0.3) is 0 Å². The van der Waals surface area contributed by atoms with E-state index in [1.807, 2.05) is 22.6 Å². The van der Waals surface area contributed by atoms with Gasteiger partial charge in [-0.05, 0) is 46.4 Å². The molecule has 0 fully saturated rings. The van der Waals surface area contributed by atoms with Gasteiger partial charge in [0.1, 0.15) is 0 Å². The van der Waals surface area contributed by atoms with Crippen molar-refractivity contribution in [1.29, 1.82) is 0 Å². The second kappa shape index (κ2) is 6.99. The first-order chi connectivity index (χ1) is 10.3. The summed E-state index contributed by atoms with van der Waals surface area (Å²) in [5.74, 6) is -0.767. The van der Waals surface area contributed by atoms with E-state index in [1.165, 1.54) is 30.3 Å². The second-order valence-electron chi connectivity index (χ2n) is 4.48. The second-order valence-corrected chi connectivity index (χ2v) is 6.56. The number of nitrogens with one attached hydrogen (secondary N) is 1. The Morgan fingerprint density at radius 3 is 2.36 bits per heavy atom. The molecule has 0 aromatic heterocycles. The van der Waals surface area contributed by atoms with E-state index in [4.69, 9.17) is 0 Å². The number of alkyl halides is 3. The highest BCUT2D eigenvalue weighted by molar-refractivity contribution is 14.1. The Bertz CT molecular complexity index is 676. The summed E-state index contributed by atoms with van der Waals surface area (Å²) in [5.41, 5.74) is 0.188. The van der Waals surface area contributed by atoms with Crippen molar-refractivity contribution in [1.82, 2.24) is 5.32 Å². The zero-order valence-electron chi connectivity index (χ0n) is 11.0. The SMILES string of the molecule is O=C(NC(c1ccccc1)C(F)(F)F)c1cc(Br)ccc1I. The largest absolute Gasteiger partial charge is 0.412 e. The van der Waals surface area contributed by atoms with Crippen molar-refractivity contribution in [3.05, 3.63) is 67.7 Å². The van der Waals surface area contributed by atoms with Gasteiger partial charge in [0.05, 0.1) is 5.56 Å². The molecule has 0 bridgehead atoms. The predicted octanol–water partition coefficient (Wildman–Crippen LogP) is 5.09. The predicted molar refractivity (Wildman–Crippen MR) is 89.6 cm³/mol. The number of halogens is 5. The molecule has 2 nitrogen and oxygen atoms in total. The molecule has 1 amide bonds. The van der Waals surface area contributed by atoms with Crippen molar-refractivity contribution >= 4 is 44.4 Å². The highest BCUT2D eigenvalue weighted by Gasteiger charge is 2.42. The molecule has 0 heterocycles. The van der Waals surface area contributed by atoms with E-state index in [0.717, 1.165) is 0 Å². The third-order valence-electron chi connectivity index (χ3n) is 2.91. The fourth-order valence-corrected chi connectivity index (χ4v) is 2.82. The first-order valence-electron chi connectivity index (χ1n) is 6.16. The van der Waals surface area contributed by atoms with Crippen LogP contribution >= 0.6 is 38.5 Å². The lowest BCUT2D eigenvalue weighted by molar-refractivity contribution is -0.155. The van der Waals surface area contributed by atoms with E-state index in [1.54, 1.807) is 18.2 Å². The lowest BCUT2D eigenvalue weighted by Gasteiger charge is -2.22. The Balaban J connectivity index is 2.32. The number of hydrogen-bond acceptors (Lipinski definition) is 1. The molecule has 2 aromatic carbocycles. The van der Waals surface area contributed by atoms with Crippen LogP contribution in [0.1, 0.15) is 22.0 Å². The molecule has 0 radical (unpaired) electrons. The Morgan fingerprint density at radius 1 is 1.14 bits per heavy atom. The molecule has 7 heteroatoms. The van der Waals surface area contributed by atoms with Crippen LogP contribution in [-0.2, 0) is 0 Å². The number of amides is 1. The van der Waals surface area contributed by atoms with Gasteiger partial charge in [-0.15, -0.1) is 0 Å². The highest BCUT2D eigenvalue weighted by Crippen LogP contribution is 2.33. The third-order valence-corrected chi connectivity index (χ3v) is 4.34. The van der Waals surface area contributed by atoms with Crippen LogP contribution in [0.5, 0.6) is 0 Å². The van der Waals surface area contributed by atoms with Gasteiger partial charge in [-0.1, -0.05) is 46.3 Å². The van der Waals surface area contributed by atoms with Crippen LogP contribution in [-0.4, -0.2) is 12.1 Å². The third kappa shape index (κ3) is 4.22. The van der Waals surface area contributed by atoms with Gasteiger partial charge in [-0.25, -0.2) is 0 Å². The van der Waals surface area contributed by atoms with E-state index >= 15 is 0 Å². The Labute approximate surface area is 147 Å². The Kier molecular flexibility index (Phi) is 5.49. The first kappa shape index (κ1) is 17.3. The maximum absolute atomic E-state index is 13.2. The van der Waals surface area contributed by atoms with E-state index in [0.29, 0.717) is 8.04 Å². The Hall–Kier alpha value is -1.09. The minimum absolute atomic E-state index is 0.00615. The van der Waals surface area contributed by atoms with Crippen molar-refractivity contribution in [3.63, 3.8) is 0 Å². The normalized spacial score (nSPS) is 12.8. The van der Waals surface area contributed by atoms with Gasteiger partial charge in [0.2, 0.25) is 0 Å². The zero-order chi connectivity index (χ0) is 16.3. The minimum atomic E-state index is -4.57. The summed E-state index contributed by atoms with van der Waals surface area (Å²) in [6.07, 6.45) is -4.57. The summed E-state index contributed by atoms with van der Waals surface area (Å²) < 4.78 is 40.9. The number of carbonyl (C=O) groups is 1. The molecule has 2 aromatic rings. The van der Waals surface area contributed by atoms with Crippen molar-refractivity contribution < 1.29 is 18.0 Å². The van der Waals surface area contributed by atoms with Gasteiger partial charge in [-0.3, -0.25) is 4.79 Å². The van der Waals surface area contributed by atoms with Gasteiger partial charge >= 0.3 is 6.18 Å². The van der Waals surface area contributed by atoms with Crippen molar-refractivity contribution in [2.45, 2.75) is 12.2 Å². The maximum Gasteiger partial charge on any atom is 0.412 e. The molecule has 116 valence electrons. The van der Waals surface area contributed by atoms with Crippen molar-refractivity contribution in [3.8, 4) is 0 Å². The van der Waals surface area contributed by atoms with Crippen LogP contribution in [0.4, 0.5) is 13.2 Å². The van der Waals surface area contributed by atoms with Crippen molar-refractivity contribution in [2.75, 3.05) is 0 Å². The van der Waals surface area contributed by atoms with Gasteiger partial charge < -0.3 is 5.32 Å². The van der Waals surface area contributed by atoms with Crippen LogP contribution < -0.4 is 5.32 Å². The molecule has 0 spiro atoms. The van der Waals surface area contributed by atoms with Crippen molar-refractivity contribution in [2.24, 2.45) is 0 Å². The summed E-state index contributed by atoms with van der Waals surface area (Å²) in [7, 11) is 0. The molecule has 1 atom stereocenters. The summed E-state index contributed by atoms with van der Waals surface area (Å²) in [6, 6.07) is 10.1. The lowest BCUT2D eigenvalue weighted by atomic mass is 10.1. The standard InChI is InChI=1S/C15H10BrF3INO/c16-10-6-7-12(20)11(8-10)14(22)21-13(15(17,18)19)9-4-2-1-3-5-9/h1-8,13H,(H,21,22). The number of carbonyl (C=O) groups excluding carboxylic acids is 1. The average Bonchev–Trinajstić information content (AvgIpc) is 2.46. The maximum atomic E-state index is 13.2. The van der Waals surface area contributed by atoms with Crippen LogP contribution in [0, 0.1) is 3.57 Å². The van der Waals surface area contributed by atoms with Crippen LogP contribution in [0.2, 0.25) is 0 Å². The molecular formula is C15H10BrF3INO. The molecule has 0 aliphatic heterocycles. The first-order valence-corrected chi connectivity index (χ1v) is 8.04. The molecule has 22 heavy (non-hydrogen) atoms. The minimum Gasteiger partial charge on any atom is -0.337 e. The van der Waals surface area contributed by atoms with E-state index in [-0.39, 0.29) is 11.1 Å². The fourth-order valence-electron chi connectivity index (χ4n) is 1.88. The quantitative estimate of drug-likeness (QED) is 0.605. The summed E-state index contributed by atoms with van der Waals surface area (Å²) in [6.45, 7) is 0. The monoisotopic (exact) mass is 483 g/mol. The summed E-state index contributed by atoms with van der Waals surface area (Å²) in [5, 5.41) is 2.07. The van der Waals surface area contributed by atoms with Crippen LogP contribution in [0.3, 0.4) is 0 Å².